The van der Waals surface area contributed by atoms with Crippen LogP contribution in [0.1, 0.15) is 46.1 Å². The molecular formula is C23H28N4O5S. The number of hydrogen-bond acceptors (Lipinski definition) is 5. The number of nitrogens with zero attached hydrogens (tertiary/aromatic N) is 3. The summed E-state index contributed by atoms with van der Waals surface area (Å²) in [6.45, 7) is 9.64. The van der Waals surface area contributed by atoms with E-state index in [0.29, 0.717) is 18.0 Å². The van der Waals surface area contributed by atoms with Crippen molar-refractivity contribution in [2.24, 2.45) is 16.7 Å². The Labute approximate surface area is 191 Å². The van der Waals surface area contributed by atoms with E-state index in [2.05, 4.69) is 25.5 Å². The van der Waals surface area contributed by atoms with Crippen LogP contribution in [0.4, 0.5) is 0 Å². The monoisotopic (exact) mass is 472 g/mol. The molecule has 2 aliphatic carbocycles. The molecule has 10 heteroatoms. The lowest BCUT2D eigenvalue weighted by atomic mass is 9.69. The van der Waals surface area contributed by atoms with Gasteiger partial charge in [-0.1, -0.05) is 38.6 Å². The van der Waals surface area contributed by atoms with Gasteiger partial charge in [-0.2, -0.15) is 0 Å². The number of amides is 1. The molecule has 2 heterocycles. The number of aromatic amines is 1. The molecule has 3 aliphatic rings. The molecule has 1 aliphatic heterocycles. The first-order chi connectivity index (χ1) is 15.4. The second-order valence-corrected chi connectivity index (χ2v) is 12.0. The van der Waals surface area contributed by atoms with Crippen LogP contribution in [-0.2, 0) is 14.8 Å². The average molecular weight is 473 g/mol. The average Bonchev–Trinajstić information content (AvgIpc) is 3.36. The summed E-state index contributed by atoms with van der Waals surface area (Å²) in [5, 5.41) is 2.47. The van der Waals surface area contributed by atoms with Crippen molar-refractivity contribution in [1.29, 1.82) is 0 Å². The molecule has 33 heavy (non-hydrogen) atoms. The van der Waals surface area contributed by atoms with Crippen LogP contribution in [0.3, 0.4) is 0 Å². The third-order valence-corrected chi connectivity index (χ3v) is 10.5. The molecule has 1 N–H and O–H groups in total. The number of nitrogens with one attached hydrogen (secondary N) is 1. The van der Waals surface area contributed by atoms with Crippen molar-refractivity contribution in [3.05, 3.63) is 63.5 Å². The lowest BCUT2D eigenvalue weighted by Gasteiger charge is -2.37. The van der Waals surface area contributed by atoms with Crippen LogP contribution in [0.15, 0.2) is 52.1 Å². The van der Waals surface area contributed by atoms with Gasteiger partial charge in [0, 0.05) is 11.0 Å². The van der Waals surface area contributed by atoms with Crippen molar-refractivity contribution in [3.63, 3.8) is 0 Å². The Bertz CT molecular complexity index is 1380. The molecule has 5 rings (SSSR count). The minimum absolute atomic E-state index is 0.0390. The summed E-state index contributed by atoms with van der Waals surface area (Å²) in [6.07, 6.45) is 2.41. The second-order valence-electron chi connectivity index (χ2n) is 10.2. The lowest BCUT2D eigenvalue weighted by molar-refractivity contribution is -0.125. The summed E-state index contributed by atoms with van der Waals surface area (Å²) in [5.41, 5.74) is -1.59. The van der Waals surface area contributed by atoms with E-state index >= 15 is 0 Å². The topological polar surface area (TPSA) is 114 Å². The van der Waals surface area contributed by atoms with Crippen molar-refractivity contribution in [3.8, 4) is 5.69 Å². The van der Waals surface area contributed by atoms with Crippen molar-refractivity contribution in [2.45, 2.75) is 52.1 Å². The van der Waals surface area contributed by atoms with E-state index in [0.717, 1.165) is 26.4 Å². The third kappa shape index (κ3) is 2.76. The van der Waals surface area contributed by atoms with Crippen molar-refractivity contribution in [2.75, 3.05) is 5.75 Å². The number of sulfonamides is 1. The van der Waals surface area contributed by atoms with E-state index in [-0.39, 0.29) is 16.7 Å². The van der Waals surface area contributed by atoms with Crippen LogP contribution in [0.2, 0.25) is 0 Å². The molecule has 2 bridgehead atoms. The number of H-pyrrole nitrogens is 1. The first-order valence-electron chi connectivity index (χ1n) is 11.2. The third-order valence-electron chi connectivity index (χ3n) is 8.61. The number of fused-ring (bicyclic) bond motifs is 1. The summed E-state index contributed by atoms with van der Waals surface area (Å²) in [7, 11) is -3.82. The number of hydrogen-bond donors (Lipinski definition) is 1. The smallest absolute Gasteiger partial charge is 0.268 e. The van der Waals surface area contributed by atoms with Gasteiger partial charge < -0.3 is 0 Å². The summed E-state index contributed by atoms with van der Waals surface area (Å²) in [6, 6.07) is 7.10. The molecule has 9 nitrogen and oxygen atoms in total. The molecule has 4 atom stereocenters. The zero-order valence-corrected chi connectivity index (χ0v) is 19.8. The van der Waals surface area contributed by atoms with Gasteiger partial charge >= 0.3 is 11.4 Å². The van der Waals surface area contributed by atoms with Gasteiger partial charge in [0.25, 0.3) is 5.91 Å². The highest BCUT2D eigenvalue weighted by molar-refractivity contribution is 7.90. The Morgan fingerprint density at radius 3 is 2.52 bits per heavy atom. The van der Waals surface area contributed by atoms with Crippen LogP contribution in [0.5, 0.6) is 0 Å². The Morgan fingerprint density at radius 1 is 1.21 bits per heavy atom. The Morgan fingerprint density at radius 2 is 1.88 bits per heavy atom. The number of carbonyl (C=O) groups excluding carboxylic acids is 1. The molecule has 2 aromatic rings. The molecule has 1 aromatic carbocycles. The fourth-order valence-corrected chi connectivity index (χ4v) is 9.04. The maximum atomic E-state index is 13.5. The molecule has 0 unspecified atom stereocenters. The molecule has 1 aromatic heterocycles. The summed E-state index contributed by atoms with van der Waals surface area (Å²) in [4.78, 5) is 39.0. The molecule has 3 fully saturated rings. The van der Waals surface area contributed by atoms with Crippen molar-refractivity contribution < 1.29 is 13.2 Å². The lowest BCUT2D eigenvalue weighted by Crippen LogP contribution is -2.45. The van der Waals surface area contributed by atoms with Crippen LogP contribution in [0, 0.1) is 16.7 Å². The zero-order chi connectivity index (χ0) is 23.9. The van der Waals surface area contributed by atoms with Crippen LogP contribution in [-0.4, -0.2) is 44.8 Å². The van der Waals surface area contributed by atoms with Gasteiger partial charge in [-0.15, -0.1) is 0 Å². The highest BCUT2D eigenvalue weighted by atomic mass is 32.2. The fraction of sp³-hybridized carbons (Fsp3) is 0.522. The van der Waals surface area contributed by atoms with E-state index in [1.165, 1.54) is 0 Å². The predicted octanol–water partition coefficient (Wildman–Crippen LogP) is 1.81. The first-order valence-corrected chi connectivity index (χ1v) is 12.8. The maximum absolute atomic E-state index is 13.5. The molecule has 1 spiro atoms. The Kier molecular flexibility index (Phi) is 4.53. The standard InChI is InChI=1S/C23H28N4O5S/c1-14(15(2)26-21(30)25(20(29)24-26)17-8-6-5-7-9-17)19(28)27-18-12-16-10-11-23(18,22(16,3)4)13-33(27,31)32/h5-9,15-16,18H,1,10-13H2,2-4H3,(H,24,29)/t15-,16-,18-,23-/m1/s1. The Hall–Kier alpha value is -2.88. The second kappa shape index (κ2) is 6.82. The highest BCUT2D eigenvalue weighted by Gasteiger charge is 2.72. The fourth-order valence-electron chi connectivity index (χ4n) is 6.50. The van der Waals surface area contributed by atoms with E-state index in [4.69, 9.17) is 0 Å². The van der Waals surface area contributed by atoms with Gasteiger partial charge in [0.05, 0.1) is 23.5 Å². The van der Waals surface area contributed by atoms with Crippen molar-refractivity contribution in [1.82, 2.24) is 18.7 Å². The zero-order valence-electron chi connectivity index (χ0n) is 18.9. The molecule has 176 valence electrons. The summed E-state index contributed by atoms with van der Waals surface area (Å²) < 4.78 is 29.4. The van der Waals surface area contributed by atoms with E-state index in [1.54, 1.807) is 37.3 Å². The normalized spacial score (nSPS) is 29.7. The largest absolute Gasteiger partial charge is 0.352 e. The predicted molar refractivity (Wildman–Crippen MR) is 122 cm³/mol. The number of rotatable bonds is 4. The molecular weight excluding hydrogens is 444 g/mol. The van der Waals surface area contributed by atoms with E-state index in [1.807, 2.05) is 0 Å². The first kappa shape index (κ1) is 21.9. The Balaban J connectivity index is 1.48. The molecule has 0 radical (unpaired) electrons. The van der Waals surface area contributed by atoms with Crippen LogP contribution >= 0.6 is 0 Å². The van der Waals surface area contributed by atoms with Crippen LogP contribution in [0.25, 0.3) is 5.69 Å². The number of carbonyl (C=O) groups is 1. The number of para-hydroxylation sites is 1. The van der Waals surface area contributed by atoms with Gasteiger partial charge in [0.2, 0.25) is 10.0 Å². The quantitative estimate of drug-likeness (QED) is 0.682. The molecule has 2 saturated carbocycles. The van der Waals surface area contributed by atoms with Gasteiger partial charge in [-0.3, -0.25) is 4.79 Å². The summed E-state index contributed by atoms with van der Waals surface area (Å²) >= 11 is 0. The molecule has 1 amide bonds. The van der Waals surface area contributed by atoms with Gasteiger partial charge in [-0.05, 0) is 49.7 Å². The SMILES string of the molecule is C=C(C(=O)N1[C@@H]2C[C@H]3CC[C@]2(CS1(=O)=O)C3(C)C)[C@@H](C)n1[nH]c(=O)n(-c2ccccc2)c1=O. The van der Waals surface area contributed by atoms with Gasteiger partial charge in [0.1, 0.15) is 0 Å². The minimum atomic E-state index is -3.82. The van der Waals surface area contributed by atoms with Crippen LogP contribution < -0.4 is 11.4 Å². The van der Waals surface area contributed by atoms with E-state index < -0.39 is 44.8 Å². The number of benzene rings is 1. The minimum Gasteiger partial charge on any atom is -0.268 e. The summed E-state index contributed by atoms with van der Waals surface area (Å²) in [5.74, 6) is -0.367. The molecule has 1 saturated heterocycles. The van der Waals surface area contributed by atoms with Gasteiger partial charge in [-0.25, -0.2) is 36.7 Å². The van der Waals surface area contributed by atoms with Crippen molar-refractivity contribution >= 4 is 15.9 Å². The number of aromatic nitrogens is 3. The maximum Gasteiger partial charge on any atom is 0.352 e. The van der Waals surface area contributed by atoms with E-state index in [9.17, 15) is 22.8 Å². The highest BCUT2D eigenvalue weighted by Crippen LogP contribution is 2.70. The van der Waals surface area contributed by atoms with Gasteiger partial charge in [0.15, 0.2) is 0 Å².